The molecule has 2 atom stereocenters. The number of rotatable bonds is 3. The summed E-state index contributed by atoms with van der Waals surface area (Å²) in [5.74, 6) is 0.413. The number of nitrogens with zero attached hydrogens (tertiary/aromatic N) is 1. The van der Waals surface area contributed by atoms with E-state index in [0.717, 1.165) is 12.8 Å². The molecule has 0 aliphatic carbocycles. The van der Waals surface area contributed by atoms with Gasteiger partial charge in [0, 0.05) is 19.1 Å². The van der Waals surface area contributed by atoms with E-state index in [1.807, 2.05) is 13.0 Å². The summed E-state index contributed by atoms with van der Waals surface area (Å²) in [4.78, 5) is 0.360. The first-order valence-corrected chi connectivity index (χ1v) is 8.20. The molecule has 0 radical (unpaired) electrons. The van der Waals surface area contributed by atoms with Crippen LogP contribution in [0.15, 0.2) is 29.2 Å². The molecule has 0 spiro atoms. The highest BCUT2D eigenvalue weighted by molar-refractivity contribution is 7.89. The van der Waals surface area contributed by atoms with Crippen LogP contribution in [0.2, 0.25) is 0 Å². The minimum absolute atomic E-state index is 0.0621. The molecular weight excluding hydrogens is 260 g/mol. The summed E-state index contributed by atoms with van der Waals surface area (Å²) in [5.41, 5.74) is 6.34. The summed E-state index contributed by atoms with van der Waals surface area (Å²) in [6, 6.07) is 7.08. The van der Waals surface area contributed by atoms with Crippen LogP contribution in [0.3, 0.4) is 0 Å². The second-order valence-electron chi connectivity index (χ2n) is 5.42. The molecule has 106 valence electrons. The van der Waals surface area contributed by atoms with Gasteiger partial charge in [0.15, 0.2) is 0 Å². The predicted molar refractivity (Wildman–Crippen MR) is 76.1 cm³/mol. The lowest BCUT2D eigenvalue weighted by Crippen LogP contribution is -2.45. The largest absolute Gasteiger partial charge is 0.326 e. The molecule has 1 aromatic rings. The van der Waals surface area contributed by atoms with E-state index in [9.17, 15) is 8.42 Å². The minimum Gasteiger partial charge on any atom is -0.326 e. The van der Waals surface area contributed by atoms with Gasteiger partial charge in [-0.05, 0) is 37.3 Å². The molecule has 1 heterocycles. The molecule has 19 heavy (non-hydrogen) atoms. The van der Waals surface area contributed by atoms with Crippen LogP contribution in [0, 0.1) is 5.92 Å². The third-order valence-corrected chi connectivity index (χ3v) is 5.92. The first kappa shape index (κ1) is 14.5. The standard InChI is InChI=1S/C14H22N2O2S/c1-11-7-8-12(2)16(10-11)19(17,18)14-6-4-3-5-13(14)9-15/h3-6,11-12H,7-10,15H2,1-2H3. The van der Waals surface area contributed by atoms with Crippen molar-refractivity contribution in [2.45, 2.75) is 44.2 Å². The lowest BCUT2D eigenvalue weighted by molar-refractivity contribution is 0.218. The quantitative estimate of drug-likeness (QED) is 0.921. The first-order chi connectivity index (χ1) is 8.96. The Morgan fingerprint density at radius 2 is 1.95 bits per heavy atom. The fourth-order valence-electron chi connectivity index (χ4n) is 2.63. The molecule has 2 N–H and O–H groups in total. The third kappa shape index (κ3) is 2.83. The van der Waals surface area contributed by atoms with Gasteiger partial charge < -0.3 is 5.73 Å². The van der Waals surface area contributed by atoms with Crippen molar-refractivity contribution in [2.75, 3.05) is 6.54 Å². The van der Waals surface area contributed by atoms with Crippen LogP contribution in [0.25, 0.3) is 0 Å². The van der Waals surface area contributed by atoms with E-state index in [2.05, 4.69) is 6.92 Å². The van der Waals surface area contributed by atoms with Crippen molar-refractivity contribution in [2.24, 2.45) is 11.7 Å². The highest BCUT2D eigenvalue weighted by atomic mass is 32.2. The Bertz CT molecular complexity index is 542. The lowest BCUT2D eigenvalue weighted by atomic mass is 9.97. The predicted octanol–water partition coefficient (Wildman–Crippen LogP) is 1.95. The second kappa shape index (κ2) is 5.61. The average Bonchev–Trinajstić information content (AvgIpc) is 2.41. The molecular formula is C14H22N2O2S. The molecule has 2 unspecified atom stereocenters. The average molecular weight is 282 g/mol. The van der Waals surface area contributed by atoms with E-state index in [4.69, 9.17) is 5.73 Å². The third-order valence-electron chi connectivity index (χ3n) is 3.84. The zero-order valence-corrected chi connectivity index (χ0v) is 12.4. The smallest absolute Gasteiger partial charge is 0.243 e. The summed E-state index contributed by atoms with van der Waals surface area (Å²) >= 11 is 0. The number of sulfonamides is 1. The van der Waals surface area contributed by atoms with Crippen molar-refractivity contribution in [3.8, 4) is 0 Å². The second-order valence-corrected chi connectivity index (χ2v) is 7.28. The van der Waals surface area contributed by atoms with E-state index in [1.165, 1.54) is 0 Å². The highest BCUT2D eigenvalue weighted by Gasteiger charge is 2.34. The molecule has 0 aromatic heterocycles. The van der Waals surface area contributed by atoms with Crippen LogP contribution >= 0.6 is 0 Å². The van der Waals surface area contributed by atoms with E-state index in [-0.39, 0.29) is 12.6 Å². The van der Waals surface area contributed by atoms with Crippen molar-refractivity contribution < 1.29 is 8.42 Å². The summed E-state index contributed by atoms with van der Waals surface area (Å²) in [6.07, 6.45) is 2.01. The Kier molecular flexibility index (Phi) is 4.28. The van der Waals surface area contributed by atoms with Crippen LogP contribution in [-0.2, 0) is 16.6 Å². The van der Waals surface area contributed by atoms with Crippen LogP contribution in [0.5, 0.6) is 0 Å². The Morgan fingerprint density at radius 1 is 1.26 bits per heavy atom. The maximum absolute atomic E-state index is 12.8. The number of piperidine rings is 1. The van der Waals surface area contributed by atoms with Gasteiger partial charge in [0.2, 0.25) is 10.0 Å². The number of hydrogen-bond acceptors (Lipinski definition) is 3. The fraction of sp³-hybridized carbons (Fsp3) is 0.571. The molecule has 0 amide bonds. The number of hydrogen-bond donors (Lipinski definition) is 1. The van der Waals surface area contributed by atoms with Gasteiger partial charge in [0.1, 0.15) is 0 Å². The van der Waals surface area contributed by atoms with Gasteiger partial charge in [-0.3, -0.25) is 0 Å². The van der Waals surface area contributed by atoms with E-state index >= 15 is 0 Å². The van der Waals surface area contributed by atoms with Gasteiger partial charge >= 0.3 is 0 Å². The molecule has 5 heteroatoms. The minimum atomic E-state index is -3.43. The molecule has 0 saturated carbocycles. The van der Waals surface area contributed by atoms with E-state index in [0.29, 0.717) is 22.9 Å². The monoisotopic (exact) mass is 282 g/mol. The Hall–Kier alpha value is -0.910. The number of nitrogens with two attached hydrogens (primary N) is 1. The van der Waals surface area contributed by atoms with Gasteiger partial charge in [-0.2, -0.15) is 4.31 Å². The molecule has 4 nitrogen and oxygen atoms in total. The molecule has 1 aliphatic rings. The number of benzene rings is 1. The Labute approximate surface area is 115 Å². The van der Waals surface area contributed by atoms with Gasteiger partial charge in [0.05, 0.1) is 4.90 Å². The molecule has 1 aliphatic heterocycles. The molecule has 1 saturated heterocycles. The molecule has 2 rings (SSSR count). The van der Waals surface area contributed by atoms with Crippen molar-refractivity contribution in [1.29, 1.82) is 0 Å². The van der Waals surface area contributed by atoms with E-state index < -0.39 is 10.0 Å². The van der Waals surface area contributed by atoms with Gasteiger partial charge in [-0.15, -0.1) is 0 Å². The highest BCUT2D eigenvalue weighted by Crippen LogP contribution is 2.29. The van der Waals surface area contributed by atoms with E-state index in [1.54, 1.807) is 22.5 Å². The maximum Gasteiger partial charge on any atom is 0.243 e. The fourth-order valence-corrected chi connectivity index (χ4v) is 4.65. The van der Waals surface area contributed by atoms with Crippen LogP contribution in [-0.4, -0.2) is 25.3 Å². The summed E-state index contributed by atoms with van der Waals surface area (Å²) < 4.78 is 27.2. The first-order valence-electron chi connectivity index (χ1n) is 6.76. The SMILES string of the molecule is CC1CCC(C)N(S(=O)(=O)c2ccccc2CN)C1. The molecule has 1 aromatic carbocycles. The van der Waals surface area contributed by atoms with Crippen LogP contribution in [0.1, 0.15) is 32.3 Å². The summed E-state index contributed by atoms with van der Waals surface area (Å²) in [6.45, 7) is 4.92. The van der Waals surface area contributed by atoms with Crippen LogP contribution in [0.4, 0.5) is 0 Å². The molecule has 1 fully saturated rings. The van der Waals surface area contributed by atoms with Crippen molar-refractivity contribution >= 4 is 10.0 Å². The lowest BCUT2D eigenvalue weighted by Gasteiger charge is -2.36. The maximum atomic E-state index is 12.8. The van der Waals surface area contributed by atoms with Crippen molar-refractivity contribution in [3.05, 3.63) is 29.8 Å². The van der Waals surface area contributed by atoms with Gasteiger partial charge in [-0.25, -0.2) is 8.42 Å². The Balaban J connectivity index is 2.41. The summed E-state index contributed by atoms with van der Waals surface area (Å²) in [5, 5.41) is 0. The van der Waals surface area contributed by atoms with Crippen molar-refractivity contribution in [3.63, 3.8) is 0 Å². The summed E-state index contributed by atoms with van der Waals surface area (Å²) in [7, 11) is -3.43. The zero-order chi connectivity index (χ0) is 14.0. The Morgan fingerprint density at radius 3 is 2.63 bits per heavy atom. The van der Waals surface area contributed by atoms with Gasteiger partial charge in [0.25, 0.3) is 0 Å². The van der Waals surface area contributed by atoms with Crippen LogP contribution < -0.4 is 5.73 Å². The normalized spacial score (nSPS) is 25.4. The topological polar surface area (TPSA) is 63.4 Å². The zero-order valence-electron chi connectivity index (χ0n) is 11.5. The van der Waals surface area contributed by atoms with Gasteiger partial charge in [-0.1, -0.05) is 25.1 Å². The molecule has 0 bridgehead atoms. The van der Waals surface area contributed by atoms with Crippen molar-refractivity contribution in [1.82, 2.24) is 4.31 Å².